The van der Waals surface area contributed by atoms with E-state index in [0.29, 0.717) is 0 Å². The first-order chi connectivity index (χ1) is 4.61. The third-order valence-electron chi connectivity index (χ3n) is 1.38. The van der Waals surface area contributed by atoms with Crippen molar-refractivity contribution in [2.45, 2.75) is 0 Å². The Hall–Kier alpha value is -0.480. The molecule has 0 bridgehead atoms. The highest BCUT2D eigenvalue weighted by Gasteiger charge is 1.92. The Morgan fingerprint density at radius 3 is 2.10 bits per heavy atom. The van der Waals surface area contributed by atoms with Crippen molar-refractivity contribution in [1.82, 2.24) is 0 Å². The number of rotatable bonds is 1. The third-order valence-corrected chi connectivity index (χ3v) is 2.92. The molecule has 1 aromatic carbocycles. The minimum atomic E-state index is -1.27. The molecule has 0 saturated heterocycles. The fourth-order valence-corrected chi connectivity index (χ4v) is 1.68. The topological polar surface area (TPSA) is 0 Å². The standard InChI is InChI=1S/C9H12P/c1-10(2,3)9-7-5-4-6-8-9/h4-8H,1-2H2,3H3/q-1. The minimum Gasteiger partial charge on any atom is -0.312 e. The molecule has 0 aliphatic carbocycles. The molecular weight excluding hydrogens is 139 g/mol. The van der Waals surface area contributed by atoms with Gasteiger partial charge in [0, 0.05) is 0 Å². The summed E-state index contributed by atoms with van der Waals surface area (Å²) in [5.41, 5.74) is 0. The van der Waals surface area contributed by atoms with Crippen LogP contribution in [0.2, 0.25) is 0 Å². The van der Waals surface area contributed by atoms with E-state index in [9.17, 15) is 0 Å². The maximum atomic E-state index is 4.04. The molecule has 0 radical (unpaired) electrons. The van der Waals surface area contributed by atoms with Gasteiger partial charge in [-0.3, -0.25) is 0 Å². The molecule has 1 atom stereocenters. The van der Waals surface area contributed by atoms with Crippen LogP contribution in [0.25, 0.3) is 0 Å². The highest BCUT2D eigenvalue weighted by molar-refractivity contribution is 7.81. The van der Waals surface area contributed by atoms with Crippen LogP contribution in [0, 0.1) is 6.66 Å². The summed E-state index contributed by atoms with van der Waals surface area (Å²) in [6.07, 6.45) is 4.04. The molecule has 0 nitrogen and oxygen atoms in total. The van der Waals surface area contributed by atoms with Gasteiger partial charge in [0.05, 0.1) is 0 Å². The maximum Gasteiger partial charge on any atom is -0.0542 e. The second-order valence-electron chi connectivity index (χ2n) is 2.73. The molecule has 0 saturated carbocycles. The van der Waals surface area contributed by atoms with Gasteiger partial charge < -0.3 is 6.66 Å². The smallest absolute Gasteiger partial charge is 0.0542 e. The zero-order valence-electron chi connectivity index (χ0n) is 6.25. The van der Waals surface area contributed by atoms with Crippen molar-refractivity contribution in [3.8, 4) is 0 Å². The first kappa shape index (κ1) is 7.63. The van der Waals surface area contributed by atoms with Crippen LogP contribution >= 0.6 is 6.89 Å². The SMILES string of the molecule is C=P([CH2-])(C)c1ccccc1. The molecule has 0 aliphatic rings. The van der Waals surface area contributed by atoms with Gasteiger partial charge in [0.25, 0.3) is 0 Å². The average molecular weight is 151 g/mol. The Morgan fingerprint density at radius 2 is 1.80 bits per heavy atom. The first-order valence-corrected chi connectivity index (χ1v) is 5.82. The Kier molecular flexibility index (Phi) is 2.01. The lowest BCUT2D eigenvalue weighted by Crippen LogP contribution is -1.99. The summed E-state index contributed by atoms with van der Waals surface area (Å²) >= 11 is 0. The van der Waals surface area contributed by atoms with Gasteiger partial charge in [0.1, 0.15) is 0 Å². The van der Waals surface area contributed by atoms with E-state index in [1.54, 1.807) is 0 Å². The summed E-state index contributed by atoms with van der Waals surface area (Å²) in [5.74, 6) is 0. The summed E-state index contributed by atoms with van der Waals surface area (Å²) in [4.78, 5) is 0. The molecular formula is C9H12P-. The van der Waals surface area contributed by atoms with E-state index in [4.69, 9.17) is 0 Å². The van der Waals surface area contributed by atoms with Gasteiger partial charge in [-0.1, -0.05) is 42.3 Å². The largest absolute Gasteiger partial charge is 0.312 e. The predicted molar refractivity (Wildman–Crippen MR) is 51.4 cm³/mol. The monoisotopic (exact) mass is 151 g/mol. The lowest BCUT2D eigenvalue weighted by atomic mass is 10.4. The molecule has 1 unspecified atom stereocenters. The van der Waals surface area contributed by atoms with E-state index in [0.717, 1.165) is 0 Å². The van der Waals surface area contributed by atoms with Gasteiger partial charge in [-0.2, -0.15) is 0 Å². The summed E-state index contributed by atoms with van der Waals surface area (Å²) in [5, 5.41) is 1.29. The molecule has 0 amide bonds. The van der Waals surface area contributed by atoms with Gasteiger partial charge in [-0.25, -0.2) is 6.89 Å². The van der Waals surface area contributed by atoms with E-state index >= 15 is 0 Å². The fraction of sp³-hybridized carbons (Fsp3) is 0.111. The Balaban J connectivity index is 3.09. The van der Waals surface area contributed by atoms with E-state index in [1.807, 2.05) is 18.2 Å². The van der Waals surface area contributed by atoms with Gasteiger partial charge in [0.15, 0.2) is 0 Å². The van der Waals surface area contributed by atoms with Crippen LogP contribution in [-0.2, 0) is 0 Å². The number of hydrogen-bond acceptors (Lipinski definition) is 0. The zero-order valence-corrected chi connectivity index (χ0v) is 7.14. The van der Waals surface area contributed by atoms with Crippen LogP contribution in [0.5, 0.6) is 0 Å². The van der Waals surface area contributed by atoms with Crippen LogP contribution in [0.4, 0.5) is 0 Å². The fourth-order valence-electron chi connectivity index (χ4n) is 0.788. The predicted octanol–water partition coefficient (Wildman–Crippen LogP) is 2.18. The van der Waals surface area contributed by atoms with Gasteiger partial charge in [0.2, 0.25) is 0 Å². The summed E-state index contributed by atoms with van der Waals surface area (Å²) in [6.45, 7) is 4.89. The Labute approximate surface area is 62.9 Å². The minimum absolute atomic E-state index is 1.27. The van der Waals surface area contributed by atoms with E-state index in [2.05, 4.69) is 31.8 Å². The number of hydrogen-bond donors (Lipinski definition) is 0. The molecule has 10 heavy (non-hydrogen) atoms. The molecule has 1 rings (SSSR count). The van der Waals surface area contributed by atoms with Crippen molar-refractivity contribution in [3.05, 3.63) is 37.0 Å². The summed E-state index contributed by atoms with van der Waals surface area (Å²) < 4.78 is 0. The van der Waals surface area contributed by atoms with Crippen molar-refractivity contribution in [2.75, 3.05) is 6.66 Å². The second-order valence-corrected chi connectivity index (χ2v) is 6.04. The molecule has 0 N–H and O–H groups in total. The summed E-state index contributed by atoms with van der Waals surface area (Å²) in [6, 6.07) is 10.3. The zero-order chi connectivity index (χ0) is 7.61. The van der Waals surface area contributed by atoms with E-state index in [-0.39, 0.29) is 0 Å². The average Bonchev–Trinajstić information content (AvgIpc) is 1.88. The van der Waals surface area contributed by atoms with Crippen molar-refractivity contribution in [1.29, 1.82) is 0 Å². The van der Waals surface area contributed by atoms with Crippen molar-refractivity contribution < 1.29 is 0 Å². The van der Waals surface area contributed by atoms with Crippen LogP contribution in [0.15, 0.2) is 30.3 Å². The van der Waals surface area contributed by atoms with Gasteiger partial charge in [-0.05, 0) is 0 Å². The molecule has 0 heterocycles. The molecule has 54 valence electrons. The van der Waals surface area contributed by atoms with Gasteiger partial charge in [-0.15, -0.1) is 6.30 Å². The first-order valence-electron chi connectivity index (χ1n) is 3.21. The molecule has 1 aromatic rings. The van der Waals surface area contributed by atoms with Crippen LogP contribution in [-0.4, -0.2) is 13.0 Å². The normalized spacial score (nSPS) is 16.2. The van der Waals surface area contributed by atoms with E-state index < -0.39 is 6.89 Å². The highest BCUT2D eigenvalue weighted by atomic mass is 31.2. The molecule has 0 aliphatic heterocycles. The second kappa shape index (κ2) is 2.64. The maximum absolute atomic E-state index is 4.04. The van der Waals surface area contributed by atoms with Crippen molar-refractivity contribution in [2.24, 2.45) is 0 Å². The van der Waals surface area contributed by atoms with E-state index in [1.165, 1.54) is 5.30 Å². The highest BCUT2D eigenvalue weighted by Crippen LogP contribution is 2.35. The Morgan fingerprint density at radius 1 is 1.30 bits per heavy atom. The Bertz CT molecular complexity index is 243. The van der Waals surface area contributed by atoms with Crippen molar-refractivity contribution in [3.63, 3.8) is 0 Å². The summed E-state index contributed by atoms with van der Waals surface area (Å²) in [7, 11) is 0. The quantitative estimate of drug-likeness (QED) is 0.426. The molecule has 1 heteroatoms. The lowest BCUT2D eigenvalue weighted by molar-refractivity contribution is 1.77. The van der Waals surface area contributed by atoms with Crippen LogP contribution in [0.1, 0.15) is 0 Å². The van der Waals surface area contributed by atoms with Crippen LogP contribution in [0.3, 0.4) is 0 Å². The van der Waals surface area contributed by atoms with Gasteiger partial charge >= 0.3 is 0 Å². The molecule has 0 aromatic heterocycles. The lowest BCUT2D eigenvalue weighted by Gasteiger charge is -2.20. The van der Waals surface area contributed by atoms with Crippen molar-refractivity contribution >= 4 is 18.5 Å². The third kappa shape index (κ3) is 1.75. The van der Waals surface area contributed by atoms with Crippen LogP contribution < -0.4 is 5.30 Å². The molecule has 0 fully saturated rings. The number of benzene rings is 1. The molecule has 0 spiro atoms.